The number of rotatable bonds is 6. The Balaban J connectivity index is 2.29. The molecule has 1 atom stereocenters. The topological polar surface area (TPSA) is 78.5 Å². The molecule has 0 bridgehead atoms. The first-order valence-electron chi connectivity index (χ1n) is 5.85. The molecule has 0 radical (unpaired) electrons. The summed E-state index contributed by atoms with van der Waals surface area (Å²) >= 11 is 0. The van der Waals surface area contributed by atoms with E-state index in [-0.39, 0.29) is 11.9 Å². The molecule has 1 rings (SSSR count). The molecule has 0 spiro atoms. The van der Waals surface area contributed by atoms with Crippen LogP contribution < -0.4 is 10.0 Å². The molecular formula is C10H21N3O3S. The fourth-order valence-electron chi connectivity index (χ4n) is 1.96. The van der Waals surface area contributed by atoms with E-state index in [2.05, 4.69) is 10.0 Å². The number of likely N-dealkylation sites (N-methyl/N-ethyl adjacent to an activating group) is 1. The van der Waals surface area contributed by atoms with Gasteiger partial charge in [-0.05, 0) is 26.3 Å². The van der Waals surface area contributed by atoms with Crippen molar-refractivity contribution in [1.29, 1.82) is 0 Å². The number of carbonyl (C=O) groups excluding carboxylic acids is 1. The van der Waals surface area contributed by atoms with E-state index in [1.54, 1.807) is 11.9 Å². The number of nitrogens with zero attached hydrogens (tertiary/aromatic N) is 1. The van der Waals surface area contributed by atoms with Crippen molar-refractivity contribution in [2.45, 2.75) is 25.3 Å². The Morgan fingerprint density at radius 1 is 1.47 bits per heavy atom. The third-order valence-corrected chi connectivity index (χ3v) is 3.58. The monoisotopic (exact) mass is 263 g/mol. The van der Waals surface area contributed by atoms with Gasteiger partial charge < -0.3 is 10.2 Å². The van der Waals surface area contributed by atoms with E-state index in [1.165, 1.54) is 0 Å². The first kappa shape index (κ1) is 14.4. The Morgan fingerprint density at radius 3 is 2.76 bits per heavy atom. The minimum atomic E-state index is -3.12. The van der Waals surface area contributed by atoms with E-state index in [1.807, 2.05) is 0 Å². The normalized spacial score (nSPS) is 21.9. The van der Waals surface area contributed by atoms with Gasteiger partial charge in [-0.15, -0.1) is 0 Å². The second-order valence-corrected chi connectivity index (χ2v) is 6.16. The lowest BCUT2D eigenvalue weighted by atomic mass is 10.0. The zero-order valence-electron chi connectivity index (χ0n) is 10.4. The summed E-state index contributed by atoms with van der Waals surface area (Å²) in [6.45, 7) is 1.77. The standard InChI is InChI=1S/C10H21N3O3S/c1-11-9-5-3-7-13(10(9)14)8-4-6-12-17(2,15)16/h9,11-12H,3-8H2,1-2H3. The summed E-state index contributed by atoms with van der Waals surface area (Å²) in [4.78, 5) is 13.7. The van der Waals surface area contributed by atoms with Crippen molar-refractivity contribution in [3.05, 3.63) is 0 Å². The van der Waals surface area contributed by atoms with Crippen molar-refractivity contribution in [2.24, 2.45) is 0 Å². The fraction of sp³-hybridized carbons (Fsp3) is 0.900. The number of piperidine rings is 1. The second kappa shape index (κ2) is 6.32. The van der Waals surface area contributed by atoms with E-state index in [0.29, 0.717) is 19.5 Å². The summed E-state index contributed by atoms with van der Waals surface area (Å²) in [6, 6.07) is -0.0772. The molecular weight excluding hydrogens is 242 g/mol. The quantitative estimate of drug-likeness (QED) is 0.611. The molecule has 0 aromatic rings. The molecule has 1 saturated heterocycles. The summed E-state index contributed by atoms with van der Waals surface area (Å²) in [5.74, 6) is 0.123. The highest BCUT2D eigenvalue weighted by molar-refractivity contribution is 7.88. The summed E-state index contributed by atoms with van der Waals surface area (Å²) in [6.07, 6.45) is 3.66. The molecule has 1 unspecified atom stereocenters. The van der Waals surface area contributed by atoms with Gasteiger partial charge in [0.1, 0.15) is 0 Å². The molecule has 6 nitrogen and oxygen atoms in total. The molecule has 7 heteroatoms. The summed E-state index contributed by atoms with van der Waals surface area (Å²) in [5, 5.41) is 3.00. The van der Waals surface area contributed by atoms with Gasteiger partial charge in [0.05, 0.1) is 12.3 Å². The second-order valence-electron chi connectivity index (χ2n) is 4.33. The predicted octanol–water partition coefficient (Wildman–Crippen LogP) is -0.864. The SMILES string of the molecule is CNC1CCCN(CCCNS(C)(=O)=O)C1=O. The Labute approximate surface area is 103 Å². The molecule has 0 aliphatic carbocycles. The largest absolute Gasteiger partial charge is 0.341 e. The molecule has 0 saturated carbocycles. The minimum Gasteiger partial charge on any atom is -0.341 e. The number of hydrogen-bond donors (Lipinski definition) is 2. The zero-order chi connectivity index (χ0) is 12.9. The molecule has 2 N–H and O–H groups in total. The smallest absolute Gasteiger partial charge is 0.239 e. The summed E-state index contributed by atoms with van der Waals surface area (Å²) in [5.41, 5.74) is 0. The van der Waals surface area contributed by atoms with E-state index in [4.69, 9.17) is 0 Å². The van der Waals surface area contributed by atoms with Crippen LogP contribution in [0.4, 0.5) is 0 Å². The molecule has 1 heterocycles. The Morgan fingerprint density at radius 2 is 2.18 bits per heavy atom. The summed E-state index contributed by atoms with van der Waals surface area (Å²) in [7, 11) is -1.33. The molecule has 1 amide bonds. The van der Waals surface area contributed by atoms with Gasteiger partial charge in [-0.25, -0.2) is 13.1 Å². The van der Waals surface area contributed by atoms with Crippen LogP contribution in [0.25, 0.3) is 0 Å². The van der Waals surface area contributed by atoms with Crippen LogP contribution in [0.15, 0.2) is 0 Å². The van der Waals surface area contributed by atoms with Crippen molar-refractivity contribution in [1.82, 2.24) is 14.9 Å². The van der Waals surface area contributed by atoms with Crippen molar-refractivity contribution >= 4 is 15.9 Å². The van der Waals surface area contributed by atoms with Crippen molar-refractivity contribution in [3.63, 3.8) is 0 Å². The number of amides is 1. The van der Waals surface area contributed by atoms with Crippen molar-refractivity contribution < 1.29 is 13.2 Å². The van der Waals surface area contributed by atoms with Crippen molar-refractivity contribution in [2.75, 3.05) is 32.9 Å². The lowest BCUT2D eigenvalue weighted by Crippen LogP contribution is -2.50. The zero-order valence-corrected chi connectivity index (χ0v) is 11.2. The average molecular weight is 263 g/mol. The maximum Gasteiger partial charge on any atom is 0.239 e. The van der Waals surface area contributed by atoms with Gasteiger partial charge in [0.25, 0.3) is 0 Å². The van der Waals surface area contributed by atoms with Crippen LogP contribution >= 0.6 is 0 Å². The van der Waals surface area contributed by atoms with Gasteiger partial charge in [0.2, 0.25) is 15.9 Å². The number of sulfonamides is 1. The van der Waals surface area contributed by atoms with Crippen LogP contribution in [-0.4, -0.2) is 58.2 Å². The maximum atomic E-state index is 11.9. The van der Waals surface area contributed by atoms with Gasteiger partial charge in [-0.3, -0.25) is 4.79 Å². The summed E-state index contributed by atoms with van der Waals surface area (Å²) < 4.78 is 24.1. The molecule has 100 valence electrons. The highest BCUT2D eigenvalue weighted by atomic mass is 32.2. The first-order valence-corrected chi connectivity index (χ1v) is 7.74. The van der Waals surface area contributed by atoms with Crippen molar-refractivity contribution in [3.8, 4) is 0 Å². The lowest BCUT2D eigenvalue weighted by Gasteiger charge is -2.32. The maximum absolute atomic E-state index is 11.9. The van der Waals surface area contributed by atoms with E-state index >= 15 is 0 Å². The first-order chi connectivity index (χ1) is 7.94. The number of nitrogens with one attached hydrogen (secondary N) is 2. The van der Waals surface area contributed by atoms with E-state index in [0.717, 1.165) is 25.6 Å². The van der Waals surface area contributed by atoms with Gasteiger partial charge >= 0.3 is 0 Å². The van der Waals surface area contributed by atoms with E-state index in [9.17, 15) is 13.2 Å². The Bertz CT molecular complexity index is 356. The minimum absolute atomic E-state index is 0.0772. The Kier molecular flexibility index (Phi) is 5.35. The number of likely N-dealkylation sites (tertiary alicyclic amines) is 1. The third-order valence-electron chi connectivity index (χ3n) is 2.85. The third kappa shape index (κ3) is 5.01. The lowest BCUT2D eigenvalue weighted by molar-refractivity contribution is -0.135. The van der Waals surface area contributed by atoms with Gasteiger partial charge in [0, 0.05) is 19.6 Å². The van der Waals surface area contributed by atoms with E-state index < -0.39 is 10.0 Å². The van der Waals surface area contributed by atoms with Crippen LogP contribution in [0.1, 0.15) is 19.3 Å². The molecule has 0 aromatic heterocycles. The number of hydrogen-bond acceptors (Lipinski definition) is 4. The highest BCUT2D eigenvalue weighted by Gasteiger charge is 2.26. The van der Waals surface area contributed by atoms with Crippen LogP contribution in [0, 0.1) is 0 Å². The van der Waals surface area contributed by atoms with Crippen LogP contribution in [0.3, 0.4) is 0 Å². The highest BCUT2D eigenvalue weighted by Crippen LogP contribution is 2.11. The molecule has 1 fully saturated rings. The fourth-order valence-corrected chi connectivity index (χ4v) is 2.47. The molecule has 1 aliphatic rings. The van der Waals surface area contributed by atoms with Crippen LogP contribution in [0.2, 0.25) is 0 Å². The average Bonchev–Trinajstić information content (AvgIpc) is 2.25. The molecule has 1 aliphatic heterocycles. The Hall–Kier alpha value is -0.660. The van der Waals surface area contributed by atoms with Gasteiger partial charge in [-0.1, -0.05) is 0 Å². The van der Waals surface area contributed by atoms with Crippen LogP contribution in [-0.2, 0) is 14.8 Å². The van der Waals surface area contributed by atoms with Gasteiger partial charge in [-0.2, -0.15) is 0 Å². The van der Waals surface area contributed by atoms with Crippen LogP contribution in [0.5, 0.6) is 0 Å². The number of carbonyl (C=O) groups is 1. The molecule has 0 aromatic carbocycles. The van der Waals surface area contributed by atoms with Gasteiger partial charge in [0.15, 0.2) is 0 Å². The molecule has 17 heavy (non-hydrogen) atoms. The predicted molar refractivity (Wildman–Crippen MR) is 66.1 cm³/mol.